The first-order chi connectivity index (χ1) is 9.65. The van der Waals surface area contributed by atoms with Gasteiger partial charge in [0.15, 0.2) is 5.82 Å². The summed E-state index contributed by atoms with van der Waals surface area (Å²) in [7, 11) is 3.50. The molecule has 2 rings (SSSR count). The minimum Gasteiger partial charge on any atom is -0.496 e. The fraction of sp³-hybridized carbons (Fsp3) is 0.286. The Morgan fingerprint density at radius 1 is 1.25 bits per heavy atom. The van der Waals surface area contributed by atoms with Gasteiger partial charge in [0.1, 0.15) is 5.75 Å². The first-order valence-corrected chi connectivity index (χ1v) is 6.94. The number of rotatable bonds is 5. The Labute approximate surface area is 126 Å². The second-order valence-electron chi connectivity index (χ2n) is 4.27. The van der Waals surface area contributed by atoms with Crippen LogP contribution in [0.15, 0.2) is 34.8 Å². The molecule has 0 aliphatic carbocycles. The van der Waals surface area contributed by atoms with Gasteiger partial charge in [-0.05, 0) is 46.3 Å². The van der Waals surface area contributed by atoms with E-state index >= 15 is 0 Å². The SMILES string of the molecule is COc1ccc(-c2ccc(N(C)CCO)nn2)cc1Br. The van der Waals surface area contributed by atoms with Crippen molar-refractivity contribution in [2.45, 2.75) is 0 Å². The predicted molar refractivity (Wildman–Crippen MR) is 82.1 cm³/mol. The van der Waals surface area contributed by atoms with Crippen molar-refractivity contribution < 1.29 is 9.84 Å². The van der Waals surface area contributed by atoms with Crippen LogP contribution in [-0.4, -0.2) is 42.6 Å². The monoisotopic (exact) mass is 337 g/mol. The van der Waals surface area contributed by atoms with Gasteiger partial charge in [-0.15, -0.1) is 10.2 Å². The number of hydrogen-bond acceptors (Lipinski definition) is 5. The van der Waals surface area contributed by atoms with Crippen LogP contribution in [0, 0.1) is 0 Å². The number of likely N-dealkylation sites (N-methyl/N-ethyl adjacent to an activating group) is 1. The largest absolute Gasteiger partial charge is 0.496 e. The molecule has 0 atom stereocenters. The molecule has 0 fully saturated rings. The van der Waals surface area contributed by atoms with Gasteiger partial charge in [0.25, 0.3) is 0 Å². The highest BCUT2D eigenvalue weighted by molar-refractivity contribution is 9.10. The number of ether oxygens (including phenoxy) is 1. The van der Waals surface area contributed by atoms with E-state index in [1.54, 1.807) is 7.11 Å². The quantitative estimate of drug-likeness (QED) is 0.907. The van der Waals surface area contributed by atoms with Crippen LogP contribution in [0.2, 0.25) is 0 Å². The highest BCUT2D eigenvalue weighted by atomic mass is 79.9. The number of aliphatic hydroxyl groups excluding tert-OH is 1. The van der Waals surface area contributed by atoms with Crippen molar-refractivity contribution in [1.82, 2.24) is 10.2 Å². The number of hydrogen-bond donors (Lipinski definition) is 1. The van der Waals surface area contributed by atoms with E-state index in [0.717, 1.165) is 27.3 Å². The van der Waals surface area contributed by atoms with Crippen molar-refractivity contribution in [2.75, 3.05) is 32.2 Å². The van der Waals surface area contributed by atoms with Gasteiger partial charge in [-0.25, -0.2) is 0 Å². The second-order valence-corrected chi connectivity index (χ2v) is 5.13. The molecule has 0 bridgehead atoms. The van der Waals surface area contributed by atoms with Crippen LogP contribution in [0.3, 0.4) is 0 Å². The number of aromatic nitrogens is 2. The first-order valence-electron chi connectivity index (χ1n) is 6.15. The van der Waals surface area contributed by atoms with E-state index in [9.17, 15) is 0 Å². The molecular weight excluding hydrogens is 322 g/mol. The Balaban J connectivity index is 2.23. The maximum Gasteiger partial charge on any atom is 0.151 e. The third-order valence-electron chi connectivity index (χ3n) is 2.92. The lowest BCUT2D eigenvalue weighted by Crippen LogP contribution is -2.22. The zero-order valence-corrected chi connectivity index (χ0v) is 13.0. The summed E-state index contributed by atoms with van der Waals surface area (Å²) >= 11 is 3.45. The van der Waals surface area contributed by atoms with Gasteiger partial charge < -0.3 is 14.7 Å². The first kappa shape index (κ1) is 14.7. The van der Waals surface area contributed by atoms with E-state index in [1.165, 1.54) is 0 Å². The van der Waals surface area contributed by atoms with Crippen molar-refractivity contribution in [3.05, 3.63) is 34.8 Å². The maximum absolute atomic E-state index is 8.90. The standard InChI is InChI=1S/C14H16BrN3O2/c1-18(7-8-19)14-6-4-12(16-17-14)10-3-5-13(20-2)11(15)9-10/h3-6,9,19H,7-8H2,1-2H3. The van der Waals surface area contributed by atoms with Crippen LogP contribution in [0.5, 0.6) is 5.75 Å². The third kappa shape index (κ3) is 3.26. The van der Waals surface area contributed by atoms with Crippen LogP contribution in [0.1, 0.15) is 0 Å². The van der Waals surface area contributed by atoms with Gasteiger partial charge in [-0.3, -0.25) is 0 Å². The molecule has 0 radical (unpaired) electrons. The van der Waals surface area contributed by atoms with E-state index in [-0.39, 0.29) is 6.61 Å². The van der Waals surface area contributed by atoms with E-state index < -0.39 is 0 Å². The zero-order valence-electron chi connectivity index (χ0n) is 11.4. The lowest BCUT2D eigenvalue weighted by atomic mass is 10.1. The van der Waals surface area contributed by atoms with Crippen molar-refractivity contribution in [3.8, 4) is 17.0 Å². The number of benzene rings is 1. The molecule has 1 heterocycles. The average molecular weight is 338 g/mol. The number of methoxy groups -OCH3 is 1. The molecule has 2 aromatic rings. The van der Waals surface area contributed by atoms with E-state index in [2.05, 4.69) is 26.1 Å². The summed E-state index contributed by atoms with van der Waals surface area (Å²) in [6.07, 6.45) is 0. The zero-order chi connectivity index (χ0) is 14.5. The molecule has 1 aromatic heterocycles. The van der Waals surface area contributed by atoms with Crippen LogP contribution in [0.4, 0.5) is 5.82 Å². The van der Waals surface area contributed by atoms with Gasteiger partial charge in [-0.2, -0.15) is 0 Å². The molecular formula is C14H16BrN3O2. The van der Waals surface area contributed by atoms with E-state index in [0.29, 0.717) is 6.54 Å². The van der Waals surface area contributed by atoms with Crippen LogP contribution < -0.4 is 9.64 Å². The van der Waals surface area contributed by atoms with E-state index in [1.807, 2.05) is 42.3 Å². The Morgan fingerprint density at radius 2 is 2.05 bits per heavy atom. The summed E-state index contributed by atoms with van der Waals surface area (Å²) < 4.78 is 6.08. The summed E-state index contributed by atoms with van der Waals surface area (Å²) in [5.41, 5.74) is 1.75. The fourth-order valence-corrected chi connectivity index (χ4v) is 2.31. The molecule has 1 aromatic carbocycles. The van der Waals surface area contributed by atoms with Gasteiger partial charge in [0.2, 0.25) is 0 Å². The Hall–Kier alpha value is -1.66. The maximum atomic E-state index is 8.90. The van der Waals surface area contributed by atoms with Crippen LogP contribution in [0.25, 0.3) is 11.3 Å². The fourth-order valence-electron chi connectivity index (χ4n) is 1.77. The van der Waals surface area contributed by atoms with Gasteiger partial charge in [0, 0.05) is 19.2 Å². The Morgan fingerprint density at radius 3 is 2.60 bits per heavy atom. The minimum absolute atomic E-state index is 0.0886. The summed E-state index contributed by atoms with van der Waals surface area (Å²) in [6, 6.07) is 9.55. The number of aliphatic hydroxyl groups is 1. The van der Waals surface area contributed by atoms with Crippen molar-refractivity contribution in [1.29, 1.82) is 0 Å². The molecule has 0 amide bonds. The van der Waals surface area contributed by atoms with Crippen molar-refractivity contribution >= 4 is 21.7 Å². The van der Waals surface area contributed by atoms with Gasteiger partial charge in [-0.1, -0.05) is 0 Å². The van der Waals surface area contributed by atoms with Crippen LogP contribution in [-0.2, 0) is 0 Å². The molecule has 0 saturated heterocycles. The van der Waals surface area contributed by atoms with Gasteiger partial charge >= 0.3 is 0 Å². The topological polar surface area (TPSA) is 58.5 Å². The van der Waals surface area contributed by atoms with Crippen molar-refractivity contribution in [3.63, 3.8) is 0 Å². The Kier molecular flexibility index (Phi) is 4.92. The molecule has 5 nitrogen and oxygen atoms in total. The molecule has 106 valence electrons. The molecule has 0 aliphatic heterocycles. The number of anilines is 1. The summed E-state index contributed by atoms with van der Waals surface area (Å²) in [6.45, 7) is 0.619. The molecule has 0 spiro atoms. The normalized spacial score (nSPS) is 10.4. The highest BCUT2D eigenvalue weighted by Crippen LogP contribution is 2.29. The van der Waals surface area contributed by atoms with Crippen molar-refractivity contribution in [2.24, 2.45) is 0 Å². The number of nitrogens with zero attached hydrogens (tertiary/aromatic N) is 3. The molecule has 0 saturated carbocycles. The smallest absolute Gasteiger partial charge is 0.151 e. The highest BCUT2D eigenvalue weighted by Gasteiger charge is 2.07. The lowest BCUT2D eigenvalue weighted by molar-refractivity contribution is 0.303. The number of halogens is 1. The van der Waals surface area contributed by atoms with E-state index in [4.69, 9.17) is 9.84 Å². The van der Waals surface area contributed by atoms with Crippen LogP contribution >= 0.6 is 15.9 Å². The predicted octanol–water partition coefficient (Wildman–Crippen LogP) is 2.34. The summed E-state index contributed by atoms with van der Waals surface area (Å²) in [5.74, 6) is 1.51. The lowest BCUT2D eigenvalue weighted by Gasteiger charge is -2.15. The third-order valence-corrected chi connectivity index (χ3v) is 3.54. The Bertz CT molecular complexity index is 575. The molecule has 0 unspecified atom stereocenters. The molecule has 6 heteroatoms. The summed E-state index contributed by atoms with van der Waals surface area (Å²) in [5, 5.41) is 17.3. The second kappa shape index (κ2) is 6.67. The average Bonchev–Trinajstić information content (AvgIpc) is 2.47. The summed E-state index contributed by atoms with van der Waals surface area (Å²) in [4.78, 5) is 1.85. The van der Waals surface area contributed by atoms with Gasteiger partial charge in [0.05, 0.1) is 23.9 Å². The molecule has 20 heavy (non-hydrogen) atoms. The molecule has 1 N–H and O–H groups in total. The molecule has 0 aliphatic rings. The minimum atomic E-state index is 0.0886.